The fourth-order valence-corrected chi connectivity index (χ4v) is 2.74. The number of anilines is 2. The summed E-state index contributed by atoms with van der Waals surface area (Å²) >= 11 is 0. The molecule has 2 rings (SSSR count). The second-order valence-electron chi connectivity index (χ2n) is 4.10. The molecule has 2 aromatic carbocycles. The summed E-state index contributed by atoms with van der Waals surface area (Å²) in [5, 5.41) is 10.5. The first-order valence-electron chi connectivity index (χ1n) is 5.62. The number of sulfonamides is 1. The normalized spacial score (nSPS) is 11.1. The number of nitro benzene ring substituents is 1. The standard InChI is InChI=1S/C12H10FN3O4S/c13-11-7-10(16(17)18)4-5-12(11)21(19,20)15-9-3-1-2-8(14)6-9/h1-7,15H,14H2. The van der Waals surface area contributed by atoms with Gasteiger partial charge < -0.3 is 5.73 Å². The molecule has 0 saturated heterocycles. The number of hydrogen-bond donors (Lipinski definition) is 2. The Kier molecular flexibility index (Phi) is 3.76. The maximum Gasteiger partial charge on any atom is 0.272 e. The van der Waals surface area contributed by atoms with Crippen molar-refractivity contribution in [3.05, 3.63) is 58.4 Å². The average molecular weight is 311 g/mol. The SMILES string of the molecule is Nc1cccc(NS(=O)(=O)c2ccc([N+](=O)[O-])cc2F)c1. The zero-order valence-corrected chi connectivity index (χ0v) is 11.3. The molecule has 0 amide bonds. The smallest absolute Gasteiger partial charge is 0.272 e. The van der Waals surface area contributed by atoms with Crippen LogP contribution < -0.4 is 10.5 Å². The molecule has 0 bridgehead atoms. The van der Waals surface area contributed by atoms with Crippen LogP contribution in [-0.2, 0) is 10.0 Å². The lowest BCUT2D eigenvalue weighted by Gasteiger charge is -2.09. The predicted molar refractivity (Wildman–Crippen MR) is 74.7 cm³/mol. The molecule has 2 aromatic rings. The van der Waals surface area contributed by atoms with E-state index in [-0.39, 0.29) is 5.69 Å². The van der Waals surface area contributed by atoms with Crippen molar-refractivity contribution in [2.45, 2.75) is 4.90 Å². The van der Waals surface area contributed by atoms with Crippen molar-refractivity contribution >= 4 is 27.1 Å². The molecule has 0 aliphatic rings. The zero-order chi connectivity index (χ0) is 15.6. The van der Waals surface area contributed by atoms with E-state index in [4.69, 9.17) is 5.73 Å². The lowest BCUT2D eigenvalue weighted by molar-refractivity contribution is -0.385. The monoisotopic (exact) mass is 311 g/mol. The molecule has 9 heteroatoms. The number of nitro groups is 1. The fourth-order valence-electron chi connectivity index (χ4n) is 1.63. The van der Waals surface area contributed by atoms with Crippen LogP contribution in [0.3, 0.4) is 0 Å². The first kappa shape index (κ1) is 14.7. The predicted octanol–water partition coefficient (Wildman–Crippen LogP) is 2.12. The Bertz CT molecular complexity index is 808. The number of hydrogen-bond acceptors (Lipinski definition) is 5. The topological polar surface area (TPSA) is 115 Å². The van der Waals surface area contributed by atoms with E-state index in [1.54, 1.807) is 6.07 Å². The third-order valence-corrected chi connectivity index (χ3v) is 3.97. The molecule has 0 atom stereocenters. The van der Waals surface area contributed by atoms with Gasteiger partial charge in [0, 0.05) is 11.8 Å². The summed E-state index contributed by atoms with van der Waals surface area (Å²) in [5.41, 5.74) is 5.48. The van der Waals surface area contributed by atoms with E-state index in [0.717, 1.165) is 12.1 Å². The minimum atomic E-state index is -4.21. The summed E-state index contributed by atoms with van der Waals surface area (Å²) in [6.45, 7) is 0. The molecule has 0 spiro atoms. The molecular weight excluding hydrogens is 301 g/mol. The maximum absolute atomic E-state index is 13.7. The highest BCUT2D eigenvalue weighted by molar-refractivity contribution is 7.92. The Morgan fingerprint density at radius 1 is 1.19 bits per heavy atom. The molecule has 7 nitrogen and oxygen atoms in total. The molecule has 21 heavy (non-hydrogen) atoms. The van der Waals surface area contributed by atoms with Crippen LogP contribution in [0.4, 0.5) is 21.5 Å². The van der Waals surface area contributed by atoms with Gasteiger partial charge in [-0.05, 0) is 24.3 Å². The molecule has 0 heterocycles. The van der Waals surface area contributed by atoms with Gasteiger partial charge in [-0.3, -0.25) is 14.8 Å². The number of non-ortho nitro benzene ring substituents is 1. The van der Waals surface area contributed by atoms with Crippen LogP contribution >= 0.6 is 0 Å². The van der Waals surface area contributed by atoms with E-state index in [0.29, 0.717) is 11.8 Å². The van der Waals surface area contributed by atoms with E-state index in [1.165, 1.54) is 18.2 Å². The van der Waals surface area contributed by atoms with Gasteiger partial charge in [-0.25, -0.2) is 12.8 Å². The molecule has 0 unspecified atom stereocenters. The van der Waals surface area contributed by atoms with E-state index in [9.17, 15) is 22.9 Å². The van der Waals surface area contributed by atoms with Crippen LogP contribution in [0.25, 0.3) is 0 Å². The second kappa shape index (κ2) is 5.37. The average Bonchev–Trinajstić information content (AvgIpc) is 2.37. The highest BCUT2D eigenvalue weighted by Crippen LogP contribution is 2.23. The molecule has 110 valence electrons. The van der Waals surface area contributed by atoms with Crippen LogP contribution in [-0.4, -0.2) is 13.3 Å². The van der Waals surface area contributed by atoms with Crippen molar-refractivity contribution in [1.82, 2.24) is 0 Å². The molecule has 0 aliphatic heterocycles. The van der Waals surface area contributed by atoms with Crippen LogP contribution in [0, 0.1) is 15.9 Å². The van der Waals surface area contributed by atoms with E-state index < -0.39 is 31.3 Å². The van der Waals surface area contributed by atoms with Gasteiger partial charge in [-0.1, -0.05) is 6.07 Å². The van der Waals surface area contributed by atoms with E-state index >= 15 is 0 Å². The zero-order valence-electron chi connectivity index (χ0n) is 10.5. The van der Waals surface area contributed by atoms with Gasteiger partial charge in [0.15, 0.2) is 5.82 Å². The number of benzene rings is 2. The molecule has 0 radical (unpaired) electrons. The van der Waals surface area contributed by atoms with Crippen molar-refractivity contribution in [2.24, 2.45) is 0 Å². The Morgan fingerprint density at radius 3 is 2.48 bits per heavy atom. The highest BCUT2D eigenvalue weighted by atomic mass is 32.2. The number of nitrogens with two attached hydrogens (primary N) is 1. The summed E-state index contributed by atoms with van der Waals surface area (Å²) in [6, 6.07) is 8.19. The Labute approximate surface area is 119 Å². The maximum atomic E-state index is 13.7. The number of nitrogens with one attached hydrogen (secondary N) is 1. The summed E-state index contributed by atoms with van der Waals surface area (Å²) < 4.78 is 40.0. The summed E-state index contributed by atoms with van der Waals surface area (Å²) in [7, 11) is -4.21. The quantitative estimate of drug-likeness (QED) is 0.510. The van der Waals surface area contributed by atoms with E-state index in [1.807, 2.05) is 0 Å². The molecule has 0 aliphatic carbocycles. The number of halogens is 1. The first-order chi connectivity index (χ1) is 9.79. The third kappa shape index (κ3) is 3.26. The van der Waals surface area contributed by atoms with Crippen LogP contribution in [0.2, 0.25) is 0 Å². The number of rotatable bonds is 4. The molecule has 3 N–H and O–H groups in total. The lowest BCUT2D eigenvalue weighted by atomic mass is 10.3. The Hall–Kier alpha value is -2.68. The third-order valence-electron chi connectivity index (χ3n) is 2.55. The molecule has 0 aromatic heterocycles. The van der Waals surface area contributed by atoms with Gasteiger partial charge in [0.2, 0.25) is 0 Å². The van der Waals surface area contributed by atoms with Gasteiger partial charge in [-0.15, -0.1) is 0 Å². The van der Waals surface area contributed by atoms with Crippen molar-refractivity contribution in [1.29, 1.82) is 0 Å². The van der Waals surface area contributed by atoms with Gasteiger partial charge >= 0.3 is 0 Å². The first-order valence-corrected chi connectivity index (χ1v) is 7.10. The van der Waals surface area contributed by atoms with Crippen LogP contribution in [0.15, 0.2) is 47.4 Å². The number of nitrogens with zero attached hydrogens (tertiary/aromatic N) is 1. The summed E-state index contributed by atoms with van der Waals surface area (Å²) in [6.07, 6.45) is 0. The minimum Gasteiger partial charge on any atom is -0.399 e. The van der Waals surface area contributed by atoms with Crippen molar-refractivity contribution in [2.75, 3.05) is 10.5 Å². The molecule has 0 fully saturated rings. The van der Waals surface area contributed by atoms with Crippen molar-refractivity contribution in [3.63, 3.8) is 0 Å². The fraction of sp³-hybridized carbons (Fsp3) is 0. The van der Waals surface area contributed by atoms with Crippen molar-refractivity contribution < 1.29 is 17.7 Å². The summed E-state index contributed by atoms with van der Waals surface area (Å²) in [5.74, 6) is -1.21. The number of nitrogen functional groups attached to an aromatic ring is 1. The Morgan fingerprint density at radius 2 is 1.90 bits per heavy atom. The molecular formula is C12H10FN3O4S. The highest BCUT2D eigenvalue weighted by Gasteiger charge is 2.21. The summed E-state index contributed by atoms with van der Waals surface area (Å²) in [4.78, 5) is 9.00. The van der Waals surface area contributed by atoms with Gasteiger partial charge in [0.1, 0.15) is 4.90 Å². The van der Waals surface area contributed by atoms with Gasteiger partial charge in [0.25, 0.3) is 15.7 Å². The minimum absolute atomic E-state index is 0.160. The second-order valence-corrected chi connectivity index (χ2v) is 5.75. The van der Waals surface area contributed by atoms with Crippen molar-refractivity contribution in [3.8, 4) is 0 Å². The van der Waals surface area contributed by atoms with Gasteiger partial charge in [-0.2, -0.15) is 0 Å². The molecule has 0 saturated carbocycles. The largest absolute Gasteiger partial charge is 0.399 e. The lowest BCUT2D eigenvalue weighted by Crippen LogP contribution is -2.14. The van der Waals surface area contributed by atoms with Crippen LogP contribution in [0.1, 0.15) is 0 Å². The van der Waals surface area contributed by atoms with Gasteiger partial charge in [0.05, 0.1) is 16.7 Å². The van der Waals surface area contributed by atoms with E-state index in [2.05, 4.69) is 4.72 Å². The Balaban J connectivity index is 2.38. The van der Waals surface area contributed by atoms with Crippen LogP contribution in [0.5, 0.6) is 0 Å².